The van der Waals surface area contributed by atoms with Crippen molar-refractivity contribution in [3.8, 4) is 5.88 Å². The number of hydrogen-bond acceptors (Lipinski definition) is 3. The molecule has 1 aromatic rings. The molecule has 0 amide bonds. The standard InChI is InChI=1S/C10H13ClN2O/c11-9-4-2-6-13-10(9)14-8-3-1-5-12-7-8/h2,4,6,8,12H,1,3,5,7H2/t8-/m0/s1. The third-order valence-electron chi connectivity index (χ3n) is 2.25. The van der Waals surface area contributed by atoms with Crippen LogP contribution in [0.5, 0.6) is 5.88 Å². The minimum absolute atomic E-state index is 0.205. The fourth-order valence-electron chi connectivity index (χ4n) is 1.54. The van der Waals surface area contributed by atoms with Crippen molar-refractivity contribution >= 4 is 11.6 Å². The van der Waals surface area contributed by atoms with Crippen LogP contribution in [0.3, 0.4) is 0 Å². The molecule has 1 aromatic heterocycles. The van der Waals surface area contributed by atoms with Gasteiger partial charge < -0.3 is 10.1 Å². The molecule has 14 heavy (non-hydrogen) atoms. The van der Waals surface area contributed by atoms with Gasteiger partial charge in [0.05, 0.1) is 0 Å². The van der Waals surface area contributed by atoms with Crippen molar-refractivity contribution in [2.45, 2.75) is 18.9 Å². The summed E-state index contributed by atoms with van der Waals surface area (Å²) < 4.78 is 5.68. The molecule has 1 aliphatic heterocycles. The van der Waals surface area contributed by atoms with E-state index in [1.54, 1.807) is 18.3 Å². The summed E-state index contributed by atoms with van der Waals surface area (Å²) in [4.78, 5) is 4.09. The Bertz CT molecular complexity index is 300. The van der Waals surface area contributed by atoms with Crippen LogP contribution in [0.2, 0.25) is 5.02 Å². The molecule has 0 bridgehead atoms. The highest BCUT2D eigenvalue weighted by atomic mass is 35.5. The van der Waals surface area contributed by atoms with Gasteiger partial charge in [0.1, 0.15) is 11.1 Å². The van der Waals surface area contributed by atoms with E-state index in [4.69, 9.17) is 16.3 Å². The molecule has 0 aliphatic carbocycles. The lowest BCUT2D eigenvalue weighted by molar-refractivity contribution is 0.160. The summed E-state index contributed by atoms with van der Waals surface area (Å²) in [6.45, 7) is 1.96. The molecule has 4 heteroatoms. The van der Waals surface area contributed by atoms with Gasteiger partial charge in [0.25, 0.3) is 0 Å². The number of aromatic nitrogens is 1. The number of pyridine rings is 1. The third kappa shape index (κ3) is 2.36. The van der Waals surface area contributed by atoms with E-state index in [1.807, 2.05) is 0 Å². The van der Waals surface area contributed by atoms with Crippen LogP contribution in [-0.2, 0) is 0 Å². The summed E-state index contributed by atoms with van der Waals surface area (Å²) in [5.41, 5.74) is 0. The molecule has 1 aliphatic rings. The van der Waals surface area contributed by atoms with Gasteiger partial charge >= 0.3 is 0 Å². The van der Waals surface area contributed by atoms with Gasteiger partial charge in [-0.1, -0.05) is 11.6 Å². The van der Waals surface area contributed by atoms with Crippen LogP contribution in [0.15, 0.2) is 18.3 Å². The van der Waals surface area contributed by atoms with Crippen LogP contribution in [0.25, 0.3) is 0 Å². The second-order valence-electron chi connectivity index (χ2n) is 3.38. The van der Waals surface area contributed by atoms with Crippen molar-refractivity contribution in [3.63, 3.8) is 0 Å². The lowest BCUT2D eigenvalue weighted by atomic mass is 10.1. The predicted molar refractivity (Wildman–Crippen MR) is 55.8 cm³/mol. The molecule has 0 spiro atoms. The fourth-order valence-corrected chi connectivity index (χ4v) is 1.70. The maximum Gasteiger partial charge on any atom is 0.232 e. The van der Waals surface area contributed by atoms with E-state index >= 15 is 0 Å². The molecule has 0 aromatic carbocycles. The van der Waals surface area contributed by atoms with E-state index in [0.717, 1.165) is 25.9 Å². The summed E-state index contributed by atoms with van der Waals surface area (Å²) in [7, 11) is 0. The predicted octanol–water partition coefficient (Wildman–Crippen LogP) is 1.87. The van der Waals surface area contributed by atoms with Crippen molar-refractivity contribution in [3.05, 3.63) is 23.4 Å². The van der Waals surface area contributed by atoms with E-state index in [9.17, 15) is 0 Å². The third-order valence-corrected chi connectivity index (χ3v) is 2.54. The molecule has 0 saturated carbocycles. The highest BCUT2D eigenvalue weighted by molar-refractivity contribution is 6.31. The normalized spacial score (nSPS) is 21.9. The minimum Gasteiger partial charge on any atom is -0.472 e. The van der Waals surface area contributed by atoms with Crippen molar-refractivity contribution in [1.82, 2.24) is 10.3 Å². The van der Waals surface area contributed by atoms with Crippen molar-refractivity contribution in [2.24, 2.45) is 0 Å². The number of ether oxygens (including phenoxy) is 1. The quantitative estimate of drug-likeness (QED) is 0.813. The Kier molecular flexibility index (Phi) is 3.22. The largest absolute Gasteiger partial charge is 0.472 e. The summed E-state index contributed by atoms with van der Waals surface area (Å²) in [5, 5.41) is 3.86. The highest BCUT2D eigenvalue weighted by Crippen LogP contribution is 2.22. The zero-order chi connectivity index (χ0) is 9.80. The van der Waals surface area contributed by atoms with Gasteiger partial charge in [0, 0.05) is 12.7 Å². The molecule has 1 fully saturated rings. The molecule has 0 unspecified atom stereocenters. The van der Waals surface area contributed by atoms with E-state index in [2.05, 4.69) is 10.3 Å². The van der Waals surface area contributed by atoms with Crippen LogP contribution >= 0.6 is 11.6 Å². The summed E-state index contributed by atoms with van der Waals surface area (Å²) >= 11 is 5.94. The van der Waals surface area contributed by atoms with E-state index in [-0.39, 0.29) is 6.10 Å². The molecule has 0 radical (unpaired) electrons. The monoisotopic (exact) mass is 212 g/mol. The smallest absolute Gasteiger partial charge is 0.232 e. The zero-order valence-electron chi connectivity index (χ0n) is 7.87. The Morgan fingerprint density at radius 1 is 1.57 bits per heavy atom. The first-order valence-corrected chi connectivity index (χ1v) is 5.22. The van der Waals surface area contributed by atoms with Crippen LogP contribution in [-0.4, -0.2) is 24.2 Å². The van der Waals surface area contributed by atoms with Crippen LogP contribution < -0.4 is 10.1 Å². The van der Waals surface area contributed by atoms with Crippen molar-refractivity contribution in [1.29, 1.82) is 0 Å². The maximum atomic E-state index is 5.94. The lowest BCUT2D eigenvalue weighted by Gasteiger charge is -2.23. The topological polar surface area (TPSA) is 34.1 Å². The SMILES string of the molecule is Clc1cccnc1O[C@H]1CCCNC1. The Morgan fingerprint density at radius 2 is 2.50 bits per heavy atom. The first-order chi connectivity index (χ1) is 6.86. The second-order valence-corrected chi connectivity index (χ2v) is 3.78. The first kappa shape index (κ1) is 9.74. The molecule has 2 heterocycles. The van der Waals surface area contributed by atoms with Gasteiger partial charge in [-0.05, 0) is 31.5 Å². The van der Waals surface area contributed by atoms with Crippen molar-refractivity contribution in [2.75, 3.05) is 13.1 Å². The number of halogens is 1. The Labute approximate surface area is 88.4 Å². The van der Waals surface area contributed by atoms with E-state index in [1.165, 1.54) is 0 Å². The van der Waals surface area contributed by atoms with Gasteiger partial charge in [0.2, 0.25) is 5.88 Å². The number of rotatable bonds is 2. The summed E-state index contributed by atoms with van der Waals surface area (Å²) in [6, 6.07) is 3.59. The molecule has 2 rings (SSSR count). The molecular formula is C10H13ClN2O. The Hall–Kier alpha value is -0.800. The van der Waals surface area contributed by atoms with Crippen LogP contribution in [0, 0.1) is 0 Å². The molecule has 76 valence electrons. The Morgan fingerprint density at radius 3 is 3.21 bits per heavy atom. The van der Waals surface area contributed by atoms with Crippen LogP contribution in [0.4, 0.5) is 0 Å². The van der Waals surface area contributed by atoms with E-state index in [0.29, 0.717) is 10.9 Å². The minimum atomic E-state index is 0.205. The average Bonchev–Trinajstić information content (AvgIpc) is 2.23. The fraction of sp³-hybridized carbons (Fsp3) is 0.500. The number of nitrogens with one attached hydrogen (secondary N) is 1. The van der Waals surface area contributed by atoms with Gasteiger partial charge in [-0.15, -0.1) is 0 Å². The highest BCUT2D eigenvalue weighted by Gasteiger charge is 2.15. The summed E-state index contributed by atoms with van der Waals surface area (Å²) in [6.07, 6.45) is 4.11. The second kappa shape index (κ2) is 4.62. The number of piperidine rings is 1. The lowest BCUT2D eigenvalue weighted by Crippen LogP contribution is -2.37. The molecule has 1 saturated heterocycles. The van der Waals surface area contributed by atoms with Gasteiger partial charge in [-0.3, -0.25) is 0 Å². The molecular weight excluding hydrogens is 200 g/mol. The Balaban J connectivity index is 1.99. The first-order valence-electron chi connectivity index (χ1n) is 4.84. The van der Waals surface area contributed by atoms with Gasteiger partial charge in [0.15, 0.2) is 0 Å². The zero-order valence-corrected chi connectivity index (χ0v) is 8.63. The van der Waals surface area contributed by atoms with E-state index < -0.39 is 0 Å². The molecule has 1 atom stereocenters. The van der Waals surface area contributed by atoms with Gasteiger partial charge in [-0.25, -0.2) is 4.98 Å². The number of hydrogen-bond donors (Lipinski definition) is 1. The van der Waals surface area contributed by atoms with Gasteiger partial charge in [-0.2, -0.15) is 0 Å². The molecule has 3 nitrogen and oxygen atoms in total. The van der Waals surface area contributed by atoms with Crippen LogP contribution in [0.1, 0.15) is 12.8 Å². The maximum absolute atomic E-state index is 5.94. The van der Waals surface area contributed by atoms with Crippen molar-refractivity contribution < 1.29 is 4.74 Å². The molecule has 1 N–H and O–H groups in total. The number of nitrogens with zero attached hydrogens (tertiary/aromatic N) is 1. The average molecular weight is 213 g/mol. The summed E-state index contributed by atoms with van der Waals surface area (Å²) in [5.74, 6) is 0.544.